The number of nitrogens with zero attached hydrogens (tertiary/aromatic N) is 1. The lowest BCUT2D eigenvalue weighted by Crippen LogP contribution is -2.56. The number of hydrogen-bond donors (Lipinski definition) is 1. The van der Waals surface area contributed by atoms with Crippen molar-refractivity contribution in [3.05, 3.63) is 23.7 Å². The fraction of sp³-hybridized carbons (Fsp3) is 0.765. The van der Waals surface area contributed by atoms with Gasteiger partial charge in [-0.05, 0) is 33.8 Å². The maximum atomic E-state index is 6.14. The van der Waals surface area contributed by atoms with E-state index in [-0.39, 0.29) is 11.2 Å². The predicted octanol–water partition coefficient (Wildman–Crippen LogP) is 3.17. The first kappa shape index (κ1) is 16.5. The first-order valence-corrected chi connectivity index (χ1v) is 7.88. The van der Waals surface area contributed by atoms with Gasteiger partial charge in [0.05, 0.1) is 24.0 Å². The van der Waals surface area contributed by atoms with Crippen LogP contribution in [0, 0.1) is 0 Å². The maximum Gasteiger partial charge on any atom is 0.122 e. The highest BCUT2D eigenvalue weighted by molar-refractivity contribution is 5.17. The molecule has 1 aromatic rings. The third-order valence-corrected chi connectivity index (χ3v) is 3.67. The monoisotopic (exact) mass is 294 g/mol. The van der Waals surface area contributed by atoms with Gasteiger partial charge >= 0.3 is 0 Å². The molecule has 0 amide bonds. The SMILES string of the molecule is CC(C)NCc1ccoc1CN1CC(C)(C)OC(C)(C)C1. The molecule has 0 aliphatic carbocycles. The van der Waals surface area contributed by atoms with Crippen molar-refractivity contribution in [1.82, 2.24) is 10.2 Å². The largest absolute Gasteiger partial charge is 0.468 e. The molecule has 0 atom stereocenters. The summed E-state index contributed by atoms with van der Waals surface area (Å²) in [6.45, 7) is 16.5. The summed E-state index contributed by atoms with van der Waals surface area (Å²) in [6, 6.07) is 2.55. The lowest BCUT2D eigenvalue weighted by atomic mass is 9.98. The van der Waals surface area contributed by atoms with Crippen LogP contribution in [0.15, 0.2) is 16.7 Å². The standard InChI is InChI=1S/C17H30N2O2/c1-13(2)18-9-14-7-8-20-15(14)10-19-11-16(3,4)21-17(5,6)12-19/h7-8,13,18H,9-12H2,1-6H3. The Balaban J connectivity index is 2.03. The third-order valence-electron chi connectivity index (χ3n) is 3.67. The number of nitrogens with one attached hydrogen (secondary N) is 1. The highest BCUT2D eigenvalue weighted by Gasteiger charge is 2.38. The van der Waals surface area contributed by atoms with E-state index in [0.29, 0.717) is 6.04 Å². The van der Waals surface area contributed by atoms with Crippen LogP contribution >= 0.6 is 0 Å². The van der Waals surface area contributed by atoms with Crippen molar-refractivity contribution < 1.29 is 9.15 Å². The smallest absolute Gasteiger partial charge is 0.122 e. The van der Waals surface area contributed by atoms with Gasteiger partial charge in [0.25, 0.3) is 0 Å². The molecule has 0 aromatic carbocycles. The minimum Gasteiger partial charge on any atom is -0.468 e. The summed E-state index contributed by atoms with van der Waals surface area (Å²) in [7, 11) is 0. The van der Waals surface area contributed by atoms with Gasteiger partial charge in [-0.3, -0.25) is 4.90 Å². The molecule has 1 N–H and O–H groups in total. The molecule has 0 unspecified atom stereocenters. The molecule has 1 aliphatic heterocycles. The molecule has 2 heterocycles. The molecule has 0 spiro atoms. The molecule has 0 saturated carbocycles. The van der Waals surface area contributed by atoms with Crippen LogP contribution in [-0.2, 0) is 17.8 Å². The molecular formula is C17H30N2O2. The van der Waals surface area contributed by atoms with Crippen molar-refractivity contribution in [2.75, 3.05) is 13.1 Å². The van der Waals surface area contributed by atoms with E-state index in [1.165, 1.54) is 5.56 Å². The van der Waals surface area contributed by atoms with Gasteiger partial charge in [-0.15, -0.1) is 0 Å². The summed E-state index contributed by atoms with van der Waals surface area (Å²) in [5.41, 5.74) is 1.01. The fourth-order valence-corrected chi connectivity index (χ4v) is 3.24. The summed E-state index contributed by atoms with van der Waals surface area (Å²) < 4.78 is 11.8. The Morgan fingerprint density at radius 1 is 1.19 bits per heavy atom. The van der Waals surface area contributed by atoms with E-state index in [2.05, 4.69) is 57.8 Å². The molecule has 4 nitrogen and oxygen atoms in total. The topological polar surface area (TPSA) is 37.6 Å². The van der Waals surface area contributed by atoms with Gasteiger partial charge in [0.15, 0.2) is 0 Å². The minimum atomic E-state index is -0.120. The van der Waals surface area contributed by atoms with E-state index in [4.69, 9.17) is 9.15 Å². The van der Waals surface area contributed by atoms with E-state index >= 15 is 0 Å². The van der Waals surface area contributed by atoms with Crippen molar-refractivity contribution in [2.24, 2.45) is 0 Å². The second-order valence-corrected chi connectivity index (χ2v) is 7.67. The van der Waals surface area contributed by atoms with E-state index in [1.54, 1.807) is 6.26 Å². The van der Waals surface area contributed by atoms with Crippen LogP contribution < -0.4 is 5.32 Å². The van der Waals surface area contributed by atoms with Gasteiger partial charge in [-0.1, -0.05) is 13.8 Å². The average molecular weight is 294 g/mol. The predicted molar refractivity (Wildman–Crippen MR) is 85.2 cm³/mol. The van der Waals surface area contributed by atoms with Crippen LogP contribution in [0.1, 0.15) is 52.9 Å². The summed E-state index contributed by atoms with van der Waals surface area (Å²) in [5, 5.41) is 3.45. The number of rotatable bonds is 5. The van der Waals surface area contributed by atoms with Crippen LogP contribution in [0.3, 0.4) is 0 Å². The van der Waals surface area contributed by atoms with Gasteiger partial charge in [0.1, 0.15) is 5.76 Å². The first-order chi connectivity index (χ1) is 9.67. The lowest BCUT2D eigenvalue weighted by Gasteiger charge is -2.47. The Kier molecular flexibility index (Phi) is 4.81. The zero-order valence-corrected chi connectivity index (χ0v) is 14.3. The highest BCUT2D eigenvalue weighted by atomic mass is 16.5. The Bertz CT molecular complexity index is 447. The van der Waals surface area contributed by atoms with Crippen molar-refractivity contribution >= 4 is 0 Å². The lowest BCUT2D eigenvalue weighted by molar-refractivity contribution is -0.182. The van der Waals surface area contributed by atoms with Gasteiger partial charge in [0, 0.05) is 31.2 Å². The van der Waals surface area contributed by atoms with Crippen molar-refractivity contribution in [3.63, 3.8) is 0 Å². The molecule has 120 valence electrons. The Morgan fingerprint density at radius 3 is 2.38 bits per heavy atom. The zero-order chi connectivity index (χ0) is 15.7. The highest BCUT2D eigenvalue weighted by Crippen LogP contribution is 2.29. The van der Waals surface area contributed by atoms with Gasteiger partial charge in [0.2, 0.25) is 0 Å². The van der Waals surface area contributed by atoms with Crippen molar-refractivity contribution in [3.8, 4) is 0 Å². The zero-order valence-electron chi connectivity index (χ0n) is 14.3. The summed E-state index contributed by atoms with van der Waals surface area (Å²) in [4.78, 5) is 2.43. The van der Waals surface area contributed by atoms with E-state index in [0.717, 1.165) is 31.9 Å². The minimum absolute atomic E-state index is 0.120. The van der Waals surface area contributed by atoms with Crippen LogP contribution in [-0.4, -0.2) is 35.2 Å². The van der Waals surface area contributed by atoms with E-state index in [1.807, 2.05) is 0 Å². The summed E-state index contributed by atoms with van der Waals surface area (Å²) >= 11 is 0. The second kappa shape index (κ2) is 6.11. The molecule has 1 aliphatic rings. The molecule has 0 radical (unpaired) electrons. The Labute approximate surface area is 128 Å². The fourth-order valence-electron chi connectivity index (χ4n) is 3.24. The van der Waals surface area contributed by atoms with Crippen LogP contribution in [0.4, 0.5) is 0 Å². The average Bonchev–Trinajstić information content (AvgIpc) is 2.69. The van der Waals surface area contributed by atoms with Crippen molar-refractivity contribution in [1.29, 1.82) is 0 Å². The number of furan rings is 1. The molecular weight excluding hydrogens is 264 g/mol. The van der Waals surface area contributed by atoms with Crippen LogP contribution in [0.25, 0.3) is 0 Å². The third kappa shape index (κ3) is 4.83. The first-order valence-electron chi connectivity index (χ1n) is 7.88. The van der Waals surface area contributed by atoms with Gasteiger partial charge in [-0.2, -0.15) is 0 Å². The second-order valence-electron chi connectivity index (χ2n) is 7.67. The van der Waals surface area contributed by atoms with Crippen LogP contribution in [0.5, 0.6) is 0 Å². The molecule has 2 rings (SSSR count). The van der Waals surface area contributed by atoms with Crippen LogP contribution in [0.2, 0.25) is 0 Å². The molecule has 21 heavy (non-hydrogen) atoms. The van der Waals surface area contributed by atoms with E-state index in [9.17, 15) is 0 Å². The molecule has 4 heteroatoms. The summed E-state index contributed by atoms with van der Waals surface area (Å²) in [6.07, 6.45) is 1.80. The molecule has 0 bridgehead atoms. The quantitative estimate of drug-likeness (QED) is 0.905. The molecule has 1 saturated heterocycles. The summed E-state index contributed by atoms with van der Waals surface area (Å²) in [5.74, 6) is 1.07. The van der Waals surface area contributed by atoms with Gasteiger partial charge in [-0.25, -0.2) is 0 Å². The van der Waals surface area contributed by atoms with E-state index < -0.39 is 0 Å². The normalized spacial score (nSPS) is 21.9. The van der Waals surface area contributed by atoms with Gasteiger partial charge < -0.3 is 14.5 Å². The maximum absolute atomic E-state index is 6.14. The van der Waals surface area contributed by atoms with Crippen molar-refractivity contribution in [2.45, 2.75) is 71.9 Å². The Hall–Kier alpha value is -0.840. The molecule has 1 aromatic heterocycles. The molecule has 1 fully saturated rings. The Morgan fingerprint density at radius 2 is 1.81 bits per heavy atom. The number of morpholine rings is 1. The number of hydrogen-bond acceptors (Lipinski definition) is 4. The number of ether oxygens (including phenoxy) is 1.